The van der Waals surface area contributed by atoms with Gasteiger partial charge in [0.25, 0.3) is 0 Å². The van der Waals surface area contributed by atoms with Gasteiger partial charge in [-0.3, -0.25) is 4.79 Å². The van der Waals surface area contributed by atoms with Crippen LogP contribution in [0.3, 0.4) is 0 Å². The molecule has 2 aromatic carbocycles. The van der Waals surface area contributed by atoms with E-state index in [0.717, 1.165) is 16.5 Å². The third kappa shape index (κ3) is 2.32. The number of carbonyl (C=O) groups excluding carboxylic acids is 1. The quantitative estimate of drug-likeness (QED) is 0.532. The fourth-order valence-corrected chi connectivity index (χ4v) is 2.61. The van der Waals surface area contributed by atoms with Gasteiger partial charge in [0.15, 0.2) is 11.5 Å². The Balaban J connectivity index is 2.01. The second-order valence-electron chi connectivity index (χ2n) is 5.19. The zero-order valence-corrected chi connectivity index (χ0v) is 12.4. The molecule has 0 radical (unpaired) electrons. The van der Waals surface area contributed by atoms with Crippen LogP contribution in [0.2, 0.25) is 0 Å². The van der Waals surface area contributed by atoms with Crippen LogP contribution in [0.4, 0.5) is 0 Å². The number of rotatable bonds is 2. The van der Waals surface area contributed by atoms with E-state index in [1.54, 1.807) is 10.6 Å². The van der Waals surface area contributed by atoms with Gasteiger partial charge in [-0.05, 0) is 12.1 Å². The number of carbonyl (C=O) groups is 1. The van der Waals surface area contributed by atoms with Crippen LogP contribution < -0.4 is 4.74 Å². The predicted octanol–water partition coefficient (Wildman–Crippen LogP) is 3.47. The number of benzene rings is 2. The van der Waals surface area contributed by atoms with Crippen molar-refractivity contribution in [1.82, 2.24) is 14.6 Å². The average molecular weight is 303 g/mol. The van der Waals surface area contributed by atoms with E-state index in [9.17, 15) is 4.79 Å². The summed E-state index contributed by atoms with van der Waals surface area (Å²) in [5, 5.41) is 5.42. The van der Waals surface area contributed by atoms with E-state index in [-0.39, 0.29) is 5.97 Å². The normalized spacial score (nSPS) is 11.0. The molecule has 23 heavy (non-hydrogen) atoms. The van der Waals surface area contributed by atoms with E-state index in [4.69, 9.17) is 4.74 Å². The molecule has 0 aliphatic heterocycles. The zero-order chi connectivity index (χ0) is 15.8. The molecule has 0 saturated carbocycles. The number of pyridine rings is 1. The molecule has 0 bridgehead atoms. The van der Waals surface area contributed by atoms with Gasteiger partial charge in [0.05, 0.1) is 5.52 Å². The van der Waals surface area contributed by atoms with Gasteiger partial charge in [-0.15, -0.1) is 5.10 Å². The molecule has 0 fully saturated rings. The Morgan fingerprint density at radius 1 is 1.04 bits per heavy atom. The molecule has 2 heterocycles. The molecule has 0 amide bonds. The molecular weight excluding hydrogens is 290 g/mol. The monoisotopic (exact) mass is 303 g/mol. The van der Waals surface area contributed by atoms with Gasteiger partial charge in [-0.1, -0.05) is 42.5 Å². The van der Waals surface area contributed by atoms with Crippen molar-refractivity contribution in [2.45, 2.75) is 6.92 Å². The highest BCUT2D eigenvalue weighted by Crippen LogP contribution is 2.28. The van der Waals surface area contributed by atoms with E-state index in [1.165, 1.54) is 6.92 Å². The van der Waals surface area contributed by atoms with Crippen LogP contribution in [0, 0.1) is 0 Å². The molecule has 0 atom stereocenters. The Bertz CT molecular complexity index is 1020. The molecule has 0 spiro atoms. The highest BCUT2D eigenvalue weighted by atomic mass is 16.5. The van der Waals surface area contributed by atoms with Crippen molar-refractivity contribution in [2.75, 3.05) is 0 Å². The number of fused-ring (bicyclic) bond motifs is 3. The number of hydrogen-bond acceptors (Lipinski definition) is 4. The fraction of sp³-hybridized carbons (Fsp3) is 0.0556. The molecule has 0 aliphatic carbocycles. The number of aromatic nitrogens is 3. The van der Waals surface area contributed by atoms with Gasteiger partial charge in [-0.2, -0.15) is 0 Å². The summed E-state index contributed by atoms with van der Waals surface area (Å²) in [4.78, 5) is 15.9. The lowest BCUT2D eigenvalue weighted by Crippen LogP contribution is -2.03. The molecular formula is C18H13N3O2. The van der Waals surface area contributed by atoms with Crippen molar-refractivity contribution in [3.63, 3.8) is 0 Å². The molecule has 4 aromatic rings. The second kappa shape index (κ2) is 5.21. The van der Waals surface area contributed by atoms with Crippen LogP contribution >= 0.6 is 0 Å². The molecule has 0 N–H and O–H groups in total. The maximum atomic E-state index is 11.4. The second-order valence-corrected chi connectivity index (χ2v) is 5.19. The third-order valence-corrected chi connectivity index (χ3v) is 3.58. The third-order valence-electron chi connectivity index (χ3n) is 3.58. The molecule has 112 valence electrons. The van der Waals surface area contributed by atoms with Crippen LogP contribution in [0.25, 0.3) is 27.9 Å². The summed E-state index contributed by atoms with van der Waals surface area (Å²) in [5.74, 6) is 0.769. The maximum Gasteiger partial charge on any atom is 0.308 e. The highest BCUT2D eigenvalue weighted by molar-refractivity contribution is 5.90. The van der Waals surface area contributed by atoms with Gasteiger partial charge in [0.1, 0.15) is 5.75 Å². The van der Waals surface area contributed by atoms with E-state index < -0.39 is 0 Å². The SMILES string of the molecule is CC(=O)Oc1cc2nc(-c3ccccc3)nn2c2ccccc12. The van der Waals surface area contributed by atoms with E-state index in [2.05, 4.69) is 10.1 Å². The maximum absolute atomic E-state index is 11.4. The van der Waals surface area contributed by atoms with Crippen molar-refractivity contribution in [1.29, 1.82) is 0 Å². The van der Waals surface area contributed by atoms with Crippen molar-refractivity contribution in [3.05, 3.63) is 60.7 Å². The first-order valence-corrected chi connectivity index (χ1v) is 7.25. The number of nitrogens with zero attached hydrogens (tertiary/aromatic N) is 3. The Hall–Kier alpha value is -3.21. The topological polar surface area (TPSA) is 56.5 Å². The number of hydrogen-bond donors (Lipinski definition) is 0. The summed E-state index contributed by atoms with van der Waals surface area (Å²) in [6.45, 7) is 1.39. The summed E-state index contributed by atoms with van der Waals surface area (Å²) in [7, 11) is 0. The van der Waals surface area contributed by atoms with Gasteiger partial charge in [-0.25, -0.2) is 9.50 Å². The molecule has 5 heteroatoms. The minimum atomic E-state index is -0.359. The summed E-state index contributed by atoms with van der Waals surface area (Å²) >= 11 is 0. The lowest BCUT2D eigenvalue weighted by atomic mass is 10.2. The van der Waals surface area contributed by atoms with E-state index in [0.29, 0.717) is 17.2 Å². The number of para-hydroxylation sites is 1. The van der Waals surface area contributed by atoms with Crippen LogP contribution in [-0.2, 0) is 4.79 Å². The summed E-state index contributed by atoms with van der Waals surface area (Å²) in [5.41, 5.74) is 2.42. The Morgan fingerprint density at radius 3 is 2.57 bits per heavy atom. The van der Waals surface area contributed by atoms with E-state index in [1.807, 2.05) is 54.6 Å². The Morgan fingerprint density at radius 2 is 1.78 bits per heavy atom. The van der Waals surface area contributed by atoms with Gasteiger partial charge in [0.2, 0.25) is 0 Å². The van der Waals surface area contributed by atoms with Crippen LogP contribution in [0.5, 0.6) is 5.75 Å². The first-order chi connectivity index (χ1) is 11.2. The van der Waals surface area contributed by atoms with Crippen molar-refractivity contribution in [3.8, 4) is 17.1 Å². The van der Waals surface area contributed by atoms with Crippen molar-refractivity contribution >= 4 is 22.5 Å². The minimum Gasteiger partial charge on any atom is -0.426 e. The molecule has 0 aliphatic rings. The molecule has 5 nitrogen and oxygen atoms in total. The van der Waals surface area contributed by atoms with Gasteiger partial charge < -0.3 is 4.74 Å². The van der Waals surface area contributed by atoms with E-state index >= 15 is 0 Å². The summed E-state index contributed by atoms with van der Waals surface area (Å²) in [6, 6.07) is 19.2. The zero-order valence-electron chi connectivity index (χ0n) is 12.4. The summed E-state index contributed by atoms with van der Waals surface area (Å²) in [6.07, 6.45) is 0. The highest BCUT2D eigenvalue weighted by Gasteiger charge is 2.13. The molecule has 0 unspecified atom stereocenters. The molecule has 4 rings (SSSR count). The Kier molecular flexibility index (Phi) is 3.05. The van der Waals surface area contributed by atoms with Gasteiger partial charge in [0, 0.05) is 23.9 Å². The van der Waals surface area contributed by atoms with Crippen LogP contribution in [-0.4, -0.2) is 20.6 Å². The first-order valence-electron chi connectivity index (χ1n) is 7.25. The van der Waals surface area contributed by atoms with Crippen LogP contribution in [0.15, 0.2) is 60.7 Å². The van der Waals surface area contributed by atoms with Gasteiger partial charge >= 0.3 is 5.97 Å². The lowest BCUT2D eigenvalue weighted by molar-refractivity contribution is -0.131. The lowest BCUT2D eigenvalue weighted by Gasteiger charge is -2.07. The minimum absolute atomic E-state index is 0.359. The standard InChI is InChI=1S/C18H13N3O2/c1-12(22)23-16-11-17-19-18(13-7-3-2-4-8-13)20-21(17)15-10-6-5-9-14(15)16/h2-11H,1H3. The van der Waals surface area contributed by atoms with Crippen molar-refractivity contribution < 1.29 is 9.53 Å². The predicted molar refractivity (Wildman–Crippen MR) is 87.2 cm³/mol. The molecule has 0 saturated heterocycles. The summed E-state index contributed by atoms with van der Waals surface area (Å²) < 4.78 is 7.10. The smallest absolute Gasteiger partial charge is 0.308 e. The largest absolute Gasteiger partial charge is 0.426 e. The number of ether oxygens (including phenoxy) is 1. The average Bonchev–Trinajstić information content (AvgIpc) is 3.00. The first kappa shape index (κ1) is 13.5. The molecule has 2 aromatic heterocycles. The Labute approximate surface area is 132 Å². The fourth-order valence-electron chi connectivity index (χ4n) is 2.61. The van der Waals surface area contributed by atoms with Crippen molar-refractivity contribution in [2.24, 2.45) is 0 Å². The van der Waals surface area contributed by atoms with Crippen LogP contribution in [0.1, 0.15) is 6.92 Å². The number of esters is 1.